The molecule has 0 bridgehead atoms. The summed E-state index contributed by atoms with van der Waals surface area (Å²) in [5, 5.41) is 2.84. The molecule has 1 fully saturated rings. The van der Waals surface area contributed by atoms with Gasteiger partial charge in [0.15, 0.2) is 0 Å². The number of anilines is 2. The zero-order chi connectivity index (χ0) is 14.9. The van der Waals surface area contributed by atoms with Gasteiger partial charge in [0, 0.05) is 24.5 Å². The molecule has 0 saturated carbocycles. The van der Waals surface area contributed by atoms with Crippen molar-refractivity contribution in [3.8, 4) is 0 Å². The maximum Gasteiger partial charge on any atom is 0.340 e. The van der Waals surface area contributed by atoms with Gasteiger partial charge in [-0.15, -0.1) is 0 Å². The molecule has 1 aliphatic rings. The van der Waals surface area contributed by atoms with Crippen LogP contribution in [0.5, 0.6) is 0 Å². The van der Waals surface area contributed by atoms with Crippen LogP contribution in [-0.4, -0.2) is 37.6 Å². The number of hydrogen-bond donors (Lipinski definition) is 2. The first-order valence-corrected chi connectivity index (χ1v) is 6.41. The fourth-order valence-corrected chi connectivity index (χ4v) is 2.35. The van der Waals surface area contributed by atoms with Crippen molar-refractivity contribution in [2.45, 2.75) is 19.4 Å². The van der Waals surface area contributed by atoms with Crippen LogP contribution in [0.3, 0.4) is 0 Å². The molecule has 0 aliphatic carbocycles. The van der Waals surface area contributed by atoms with E-state index in [1.54, 1.807) is 12.1 Å². The predicted octanol–water partition coefficient (Wildman–Crippen LogP) is 0.770. The molecule has 1 aromatic carbocycles. The van der Waals surface area contributed by atoms with E-state index < -0.39 is 11.5 Å². The molecule has 0 radical (unpaired) electrons. The second-order valence-electron chi connectivity index (χ2n) is 5.23. The highest BCUT2D eigenvalue weighted by Gasteiger charge is 2.37. The lowest BCUT2D eigenvalue weighted by molar-refractivity contribution is -0.126. The quantitative estimate of drug-likeness (QED) is 0.616. The van der Waals surface area contributed by atoms with Crippen LogP contribution < -0.4 is 16.0 Å². The number of benzene rings is 1. The molecular formula is C14H19N3O3. The van der Waals surface area contributed by atoms with Gasteiger partial charge in [0.05, 0.1) is 12.7 Å². The van der Waals surface area contributed by atoms with E-state index in [0.717, 1.165) is 5.69 Å². The van der Waals surface area contributed by atoms with Gasteiger partial charge in [-0.25, -0.2) is 4.79 Å². The second-order valence-corrected chi connectivity index (χ2v) is 5.23. The summed E-state index contributed by atoms with van der Waals surface area (Å²) >= 11 is 0. The first-order valence-electron chi connectivity index (χ1n) is 6.41. The lowest BCUT2D eigenvalue weighted by Crippen LogP contribution is -2.62. The molecule has 6 heteroatoms. The lowest BCUT2D eigenvalue weighted by atomic mass is 9.97. The minimum absolute atomic E-state index is 0.0415. The van der Waals surface area contributed by atoms with E-state index in [1.165, 1.54) is 7.11 Å². The third kappa shape index (κ3) is 2.29. The van der Waals surface area contributed by atoms with Gasteiger partial charge in [-0.2, -0.15) is 0 Å². The fraction of sp³-hybridized carbons (Fsp3) is 0.429. The lowest BCUT2D eigenvalue weighted by Gasteiger charge is -2.43. The van der Waals surface area contributed by atoms with Crippen molar-refractivity contribution in [2.24, 2.45) is 0 Å². The van der Waals surface area contributed by atoms with Crippen molar-refractivity contribution in [1.29, 1.82) is 0 Å². The average Bonchev–Trinajstić information content (AvgIpc) is 2.42. The largest absolute Gasteiger partial charge is 0.465 e. The van der Waals surface area contributed by atoms with Crippen LogP contribution in [0.25, 0.3) is 0 Å². The van der Waals surface area contributed by atoms with Crippen LogP contribution in [0.15, 0.2) is 18.2 Å². The zero-order valence-electron chi connectivity index (χ0n) is 11.9. The summed E-state index contributed by atoms with van der Waals surface area (Å²) in [7, 11) is 1.31. The standard InChI is InChI=1S/C14H19N3O3/c1-14(2)13(19)16-6-7-17(14)9-4-5-11(15)10(8-9)12(18)20-3/h4-5,8H,6-7,15H2,1-3H3,(H,16,19). The molecule has 3 N–H and O–H groups in total. The number of methoxy groups -OCH3 is 1. The minimum atomic E-state index is -0.679. The molecule has 0 unspecified atom stereocenters. The third-order valence-corrected chi connectivity index (χ3v) is 3.61. The normalized spacial score (nSPS) is 17.6. The van der Waals surface area contributed by atoms with Crippen LogP contribution in [-0.2, 0) is 9.53 Å². The third-order valence-electron chi connectivity index (χ3n) is 3.61. The number of amides is 1. The molecule has 20 heavy (non-hydrogen) atoms. The van der Waals surface area contributed by atoms with Crippen LogP contribution in [0.1, 0.15) is 24.2 Å². The maximum atomic E-state index is 12.0. The number of carbonyl (C=O) groups is 2. The Labute approximate surface area is 117 Å². The summed E-state index contributed by atoms with van der Waals surface area (Å²) in [6.07, 6.45) is 0. The van der Waals surface area contributed by atoms with Crippen molar-refractivity contribution in [3.63, 3.8) is 0 Å². The van der Waals surface area contributed by atoms with Crippen LogP contribution >= 0.6 is 0 Å². The van der Waals surface area contributed by atoms with Crippen molar-refractivity contribution >= 4 is 23.3 Å². The number of carbonyl (C=O) groups excluding carboxylic acids is 2. The molecular weight excluding hydrogens is 258 g/mol. The number of esters is 1. The van der Waals surface area contributed by atoms with E-state index in [-0.39, 0.29) is 5.91 Å². The Balaban J connectivity index is 2.42. The fourth-order valence-electron chi connectivity index (χ4n) is 2.35. The van der Waals surface area contributed by atoms with Gasteiger partial charge in [-0.05, 0) is 32.0 Å². The molecule has 108 valence electrons. The summed E-state index contributed by atoms with van der Waals surface area (Å²) in [6.45, 7) is 4.93. The van der Waals surface area contributed by atoms with Gasteiger partial charge in [-0.1, -0.05) is 0 Å². The molecule has 1 saturated heterocycles. The molecule has 1 aliphatic heterocycles. The summed E-state index contributed by atoms with van der Waals surface area (Å²) in [5.41, 5.74) is 6.56. The van der Waals surface area contributed by atoms with Crippen molar-refractivity contribution < 1.29 is 14.3 Å². The van der Waals surface area contributed by atoms with Crippen LogP contribution in [0.2, 0.25) is 0 Å². The molecule has 0 atom stereocenters. The zero-order valence-corrected chi connectivity index (χ0v) is 11.9. The number of ether oxygens (including phenoxy) is 1. The van der Waals surface area contributed by atoms with Gasteiger partial charge in [0.1, 0.15) is 5.54 Å². The highest BCUT2D eigenvalue weighted by molar-refractivity contribution is 5.97. The molecule has 2 rings (SSSR count). The Morgan fingerprint density at radius 2 is 2.15 bits per heavy atom. The summed E-state index contributed by atoms with van der Waals surface area (Å²) in [4.78, 5) is 25.6. The SMILES string of the molecule is COC(=O)c1cc(N2CCNC(=O)C2(C)C)ccc1N. The summed E-state index contributed by atoms with van der Waals surface area (Å²) in [6, 6.07) is 5.13. The molecule has 6 nitrogen and oxygen atoms in total. The number of nitrogens with zero attached hydrogens (tertiary/aromatic N) is 1. The second kappa shape index (κ2) is 5.03. The van der Waals surface area contributed by atoms with E-state index in [9.17, 15) is 9.59 Å². The maximum absolute atomic E-state index is 12.0. The molecule has 1 heterocycles. The number of rotatable bonds is 2. The summed E-state index contributed by atoms with van der Waals surface area (Å²) in [5.74, 6) is -0.524. The molecule has 0 spiro atoms. The minimum Gasteiger partial charge on any atom is -0.465 e. The van der Waals surface area contributed by atoms with Crippen molar-refractivity contribution in [1.82, 2.24) is 5.32 Å². The number of hydrogen-bond acceptors (Lipinski definition) is 5. The van der Waals surface area contributed by atoms with Gasteiger partial charge in [-0.3, -0.25) is 4.79 Å². The monoisotopic (exact) mass is 277 g/mol. The van der Waals surface area contributed by atoms with Gasteiger partial charge in [0.2, 0.25) is 5.91 Å². The highest BCUT2D eigenvalue weighted by Crippen LogP contribution is 2.29. The average molecular weight is 277 g/mol. The Morgan fingerprint density at radius 3 is 2.80 bits per heavy atom. The summed E-state index contributed by atoms with van der Waals surface area (Å²) < 4.78 is 4.72. The molecule has 0 aromatic heterocycles. The Bertz CT molecular complexity index is 555. The first-order chi connectivity index (χ1) is 9.37. The van der Waals surface area contributed by atoms with Gasteiger partial charge in [0.25, 0.3) is 0 Å². The van der Waals surface area contributed by atoms with Crippen LogP contribution in [0.4, 0.5) is 11.4 Å². The number of nitrogens with two attached hydrogens (primary N) is 1. The van der Waals surface area contributed by atoms with Crippen molar-refractivity contribution in [3.05, 3.63) is 23.8 Å². The predicted molar refractivity (Wildman–Crippen MR) is 76.6 cm³/mol. The molecule has 1 amide bonds. The Morgan fingerprint density at radius 1 is 1.45 bits per heavy atom. The number of piperazine rings is 1. The highest BCUT2D eigenvalue weighted by atomic mass is 16.5. The Kier molecular flexibility index (Phi) is 3.57. The number of nitrogens with one attached hydrogen (secondary N) is 1. The van der Waals surface area contributed by atoms with Gasteiger partial charge < -0.3 is 20.7 Å². The smallest absolute Gasteiger partial charge is 0.340 e. The Hall–Kier alpha value is -2.24. The van der Waals surface area contributed by atoms with E-state index >= 15 is 0 Å². The van der Waals surface area contributed by atoms with Crippen LogP contribution in [0, 0.1) is 0 Å². The number of nitrogen functional groups attached to an aromatic ring is 1. The van der Waals surface area contributed by atoms with E-state index in [1.807, 2.05) is 24.8 Å². The van der Waals surface area contributed by atoms with Crippen molar-refractivity contribution in [2.75, 3.05) is 30.8 Å². The first kappa shape index (κ1) is 14.2. The van der Waals surface area contributed by atoms with E-state index in [2.05, 4.69) is 5.32 Å². The molecule has 1 aromatic rings. The topological polar surface area (TPSA) is 84.7 Å². The van der Waals surface area contributed by atoms with Gasteiger partial charge >= 0.3 is 5.97 Å². The van der Waals surface area contributed by atoms with E-state index in [0.29, 0.717) is 24.3 Å². The van der Waals surface area contributed by atoms with E-state index in [4.69, 9.17) is 10.5 Å².